The maximum Gasteiger partial charge on any atom is 0.362 e. The molecule has 0 spiro atoms. The van der Waals surface area contributed by atoms with Crippen molar-refractivity contribution < 1.29 is 24.7 Å². The molecule has 1 atom stereocenters. The zero-order valence-corrected chi connectivity index (χ0v) is 23.2. The standard InChI is InChI=1S/C12H35O6Si6/c1-12-24(11)14-19(2)13-20(3,4)15-21(5,6)16-22(7,8)17-23(9,10)18-24/h12H2,1-11H3. The van der Waals surface area contributed by atoms with Crippen LogP contribution in [-0.4, -0.2) is 52.1 Å². The van der Waals surface area contributed by atoms with E-state index in [1.165, 1.54) is 0 Å². The number of rotatable bonds is 1. The van der Waals surface area contributed by atoms with E-state index in [0.29, 0.717) is 0 Å². The predicted molar refractivity (Wildman–Crippen MR) is 110 cm³/mol. The summed E-state index contributed by atoms with van der Waals surface area (Å²) >= 11 is 0. The lowest BCUT2D eigenvalue weighted by Crippen LogP contribution is -2.62. The molecule has 1 radical (unpaired) electrons. The van der Waals surface area contributed by atoms with Crippen LogP contribution in [0, 0.1) is 0 Å². The molecule has 1 rings (SSSR count). The van der Waals surface area contributed by atoms with Gasteiger partial charge >= 0.3 is 52.1 Å². The largest absolute Gasteiger partial charge is 0.416 e. The Balaban J connectivity index is 3.19. The van der Waals surface area contributed by atoms with Crippen molar-refractivity contribution in [3.63, 3.8) is 0 Å². The molecule has 143 valence electrons. The van der Waals surface area contributed by atoms with Gasteiger partial charge in [0.1, 0.15) is 0 Å². The molecular weight excluding hydrogens is 409 g/mol. The highest BCUT2D eigenvalue weighted by Gasteiger charge is 2.49. The lowest BCUT2D eigenvalue weighted by atomic mass is 11.0. The Bertz CT molecular complexity index is 446. The van der Waals surface area contributed by atoms with Gasteiger partial charge in [0.2, 0.25) is 0 Å². The van der Waals surface area contributed by atoms with Crippen LogP contribution < -0.4 is 0 Å². The molecule has 1 saturated heterocycles. The molecule has 24 heavy (non-hydrogen) atoms. The topological polar surface area (TPSA) is 55.4 Å². The molecule has 0 aromatic carbocycles. The van der Waals surface area contributed by atoms with E-state index < -0.39 is 52.1 Å². The number of hydrogen-bond acceptors (Lipinski definition) is 6. The maximum absolute atomic E-state index is 6.51. The Morgan fingerprint density at radius 1 is 0.583 bits per heavy atom. The average molecular weight is 444 g/mol. The first-order valence-corrected chi connectivity index (χ1v) is 24.1. The van der Waals surface area contributed by atoms with Gasteiger partial charge in [0.25, 0.3) is 0 Å². The molecule has 0 aromatic rings. The zero-order chi connectivity index (χ0) is 19.0. The maximum atomic E-state index is 6.51. The average Bonchev–Trinajstić information content (AvgIpc) is 2.18. The molecule has 1 aliphatic rings. The Morgan fingerprint density at radius 3 is 1.38 bits per heavy atom. The highest BCUT2D eigenvalue weighted by atomic mass is 28.5. The first kappa shape index (κ1) is 23.1. The summed E-state index contributed by atoms with van der Waals surface area (Å²) in [4.78, 5) is 0. The van der Waals surface area contributed by atoms with Crippen molar-refractivity contribution in [2.75, 3.05) is 0 Å². The van der Waals surface area contributed by atoms with Crippen LogP contribution in [0.4, 0.5) is 0 Å². The van der Waals surface area contributed by atoms with Gasteiger partial charge in [-0.05, 0) is 71.5 Å². The summed E-state index contributed by atoms with van der Waals surface area (Å²) < 4.78 is 38.4. The van der Waals surface area contributed by atoms with Crippen LogP contribution in [0.1, 0.15) is 6.92 Å². The second-order valence-electron chi connectivity index (χ2n) is 8.19. The third kappa shape index (κ3) is 7.75. The van der Waals surface area contributed by atoms with Crippen LogP contribution in [0.25, 0.3) is 0 Å². The molecule has 12 heteroatoms. The smallest absolute Gasteiger partial charge is 0.362 e. The van der Waals surface area contributed by atoms with Gasteiger partial charge in [-0.3, -0.25) is 0 Å². The highest BCUT2D eigenvalue weighted by Crippen LogP contribution is 2.29. The Kier molecular flexibility index (Phi) is 7.31. The van der Waals surface area contributed by atoms with Gasteiger partial charge in [-0.25, -0.2) is 0 Å². The van der Waals surface area contributed by atoms with E-state index in [1.54, 1.807) is 0 Å². The van der Waals surface area contributed by atoms with E-state index in [4.69, 9.17) is 24.7 Å². The SMILES string of the molecule is CC[Si]1(C)O[Si](C)O[Si](C)(C)O[Si](C)(C)O[Si](C)(C)O[Si](C)(C)O1. The van der Waals surface area contributed by atoms with Crippen LogP contribution in [0.5, 0.6) is 0 Å². The van der Waals surface area contributed by atoms with Crippen LogP contribution in [0.15, 0.2) is 0 Å². The fourth-order valence-corrected chi connectivity index (χ4v) is 31.2. The van der Waals surface area contributed by atoms with Crippen molar-refractivity contribution in [3.8, 4) is 0 Å². The van der Waals surface area contributed by atoms with Gasteiger partial charge in [0.05, 0.1) is 0 Å². The summed E-state index contributed by atoms with van der Waals surface area (Å²) in [5.41, 5.74) is 0. The van der Waals surface area contributed by atoms with Crippen LogP contribution in [-0.2, 0) is 24.7 Å². The van der Waals surface area contributed by atoms with Crippen molar-refractivity contribution in [1.82, 2.24) is 0 Å². The summed E-state index contributed by atoms with van der Waals surface area (Å²) in [7, 11) is -13.2. The van der Waals surface area contributed by atoms with E-state index in [1.807, 2.05) is 6.55 Å². The summed E-state index contributed by atoms with van der Waals surface area (Å²) in [6.45, 7) is 22.8. The van der Waals surface area contributed by atoms with Crippen molar-refractivity contribution >= 4 is 52.1 Å². The fourth-order valence-electron chi connectivity index (χ4n) is 3.22. The normalized spacial score (nSPS) is 34.1. The van der Waals surface area contributed by atoms with Crippen molar-refractivity contribution in [3.05, 3.63) is 0 Å². The molecule has 0 aromatic heterocycles. The van der Waals surface area contributed by atoms with Crippen LogP contribution >= 0.6 is 0 Å². The minimum Gasteiger partial charge on any atom is -0.416 e. The summed E-state index contributed by atoms with van der Waals surface area (Å²) in [6, 6.07) is 0.865. The van der Waals surface area contributed by atoms with Crippen LogP contribution in [0.2, 0.25) is 71.5 Å². The monoisotopic (exact) mass is 443 g/mol. The number of hydrogen-bond donors (Lipinski definition) is 0. The van der Waals surface area contributed by atoms with Gasteiger partial charge in [-0.15, -0.1) is 0 Å². The molecule has 0 bridgehead atoms. The molecule has 1 fully saturated rings. The third-order valence-electron chi connectivity index (χ3n) is 3.33. The molecule has 1 unspecified atom stereocenters. The third-order valence-corrected chi connectivity index (χ3v) is 26.1. The van der Waals surface area contributed by atoms with Gasteiger partial charge in [-0.2, -0.15) is 0 Å². The second-order valence-corrected chi connectivity index (χ2v) is 28.2. The summed E-state index contributed by atoms with van der Waals surface area (Å²) in [5, 5.41) is 0. The highest BCUT2D eigenvalue weighted by molar-refractivity contribution is 6.91. The molecular formula is C12H35O6Si6. The minimum absolute atomic E-state index is 0.865. The van der Waals surface area contributed by atoms with E-state index in [0.717, 1.165) is 6.04 Å². The molecule has 6 nitrogen and oxygen atoms in total. The lowest BCUT2D eigenvalue weighted by Gasteiger charge is -2.44. The Labute approximate surface area is 155 Å². The van der Waals surface area contributed by atoms with Gasteiger partial charge in [0, 0.05) is 0 Å². The van der Waals surface area contributed by atoms with E-state index in [9.17, 15) is 0 Å². The van der Waals surface area contributed by atoms with Crippen molar-refractivity contribution in [2.45, 2.75) is 78.4 Å². The first-order chi connectivity index (χ1) is 10.5. The molecule has 0 aliphatic carbocycles. The van der Waals surface area contributed by atoms with E-state index in [2.05, 4.69) is 65.8 Å². The zero-order valence-electron chi connectivity index (χ0n) is 17.2. The Hall–Kier alpha value is 1.06. The van der Waals surface area contributed by atoms with Gasteiger partial charge in [0.15, 0.2) is 0 Å². The van der Waals surface area contributed by atoms with E-state index >= 15 is 0 Å². The molecule has 1 aliphatic heterocycles. The lowest BCUT2D eigenvalue weighted by molar-refractivity contribution is 0.246. The molecule has 0 amide bonds. The first-order valence-electron chi connectivity index (χ1n) is 8.51. The minimum atomic E-state index is -2.38. The second kappa shape index (κ2) is 7.59. The Morgan fingerprint density at radius 2 is 0.958 bits per heavy atom. The fraction of sp³-hybridized carbons (Fsp3) is 1.00. The van der Waals surface area contributed by atoms with Crippen molar-refractivity contribution in [2.24, 2.45) is 0 Å². The molecule has 0 saturated carbocycles. The van der Waals surface area contributed by atoms with Crippen molar-refractivity contribution in [1.29, 1.82) is 0 Å². The van der Waals surface area contributed by atoms with Gasteiger partial charge in [-0.1, -0.05) is 6.92 Å². The summed E-state index contributed by atoms with van der Waals surface area (Å²) in [5.74, 6) is 0. The molecule has 0 N–H and O–H groups in total. The summed E-state index contributed by atoms with van der Waals surface area (Å²) in [6.07, 6.45) is 0. The quantitative estimate of drug-likeness (QED) is 0.568. The predicted octanol–water partition coefficient (Wildman–Crippen LogP) is 4.12. The van der Waals surface area contributed by atoms with Crippen LogP contribution in [0.3, 0.4) is 0 Å². The van der Waals surface area contributed by atoms with E-state index in [-0.39, 0.29) is 0 Å². The van der Waals surface area contributed by atoms with Gasteiger partial charge < -0.3 is 24.7 Å². The molecule has 1 heterocycles.